The monoisotopic (exact) mass is 319 g/mol. The van der Waals surface area contributed by atoms with Crippen LogP contribution >= 0.6 is 11.3 Å². The molecule has 1 N–H and O–H groups in total. The Morgan fingerprint density at radius 1 is 1.52 bits per heavy atom. The summed E-state index contributed by atoms with van der Waals surface area (Å²) in [5.41, 5.74) is 0.592. The van der Waals surface area contributed by atoms with Crippen LogP contribution in [0.2, 0.25) is 0 Å². The highest BCUT2D eigenvalue weighted by Crippen LogP contribution is 2.27. The molecule has 1 atom stereocenters. The van der Waals surface area contributed by atoms with Gasteiger partial charge in [-0.3, -0.25) is 4.79 Å². The molecule has 114 valence electrons. The Morgan fingerprint density at radius 2 is 2.24 bits per heavy atom. The zero-order valence-electron chi connectivity index (χ0n) is 11.2. The van der Waals surface area contributed by atoms with Crippen LogP contribution in [0.5, 0.6) is 0 Å². The molecule has 10 heteroatoms. The molecular formula is C11H12F3N5OS. The Labute approximate surface area is 122 Å². The van der Waals surface area contributed by atoms with Crippen molar-refractivity contribution in [1.29, 1.82) is 0 Å². The summed E-state index contributed by atoms with van der Waals surface area (Å²) in [7, 11) is 1.35. The van der Waals surface area contributed by atoms with Gasteiger partial charge < -0.3 is 4.90 Å². The Kier molecular flexibility index (Phi) is 4.26. The van der Waals surface area contributed by atoms with Gasteiger partial charge in [-0.15, -0.1) is 21.5 Å². The van der Waals surface area contributed by atoms with Crippen LogP contribution in [0.25, 0.3) is 11.4 Å². The van der Waals surface area contributed by atoms with E-state index in [4.69, 9.17) is 0 Å². The lowest BCUT2D eigenvalue weighted by molar-refractivity contribution is -0.171. The van der Waals surface area contributed by atoms with Gasteiger partial charge in [0.15, 0.2) is 0 Å². The van der Waals surface area contributed by atoms with Crippen molar-refractivity contribution < 1.29 is 18.0 Å². The van der Waals surface area contributed by atoms with E-state index < -0.39 is 24.5 Å². The molecule has 0 spiro atoms. The molecule has 0 saturated carbocycles. The molecule has 2 heterocycles. The zero-order chi connectivity index (χ0) is 15.6. The molecule has 0 aliphatic rings. The maximum Gasteiger partial charge on any atom is 0.393 e. The van der Waals surface area contributed by atoms with E-state index in [0.717, 1.165) is 23.2 Å². The minimum Gasteiger partial charge on any atom is -0.340 e. The maximum absolute atomic E-state index is 12.5. The fourth-order valence-electron chi connectivity index (χ4n) is 1.64. The van der Waals surface area contributed by atoms with Crippen molar-refractivity contribution in [2.45, 2.75) is 13.1 Å². The zero-order valence-corrected chi connectivity index (χ0v) is 12.0. The van der Waals surface area contributed by atoms with Gasteiger partial charge in [-0.1, -0.05) is 6.92 Å². The minimum atomic E-state index is -4.32. The van der Waals surface area contributed by atoms with Crippen LogP contribution in [-0.2, 0) is 0 Å². The summed E-state index contributed by atoms with van der Waals surface area (Å²) < 4.78 is 37.5. The number of halogens is 3. The molecule has 0 fully saturated rings. The molecule has 0 radical (unpaired) electrons. The van der Waals surface area contributed by atoms with E-state index in [9.17, 15) is 18.0 Å². The molecule has 2 aromatic heterocycles. The number of thiophene rings is 1. The number of carbonyl (C=O) groups excluding carboxylic acids is 1. The molecule has 2 aromatic rings. The van der Waals surface area contributed by atoms with E-state index in [2.05, 4.69) is 20.6 Å². The lowest BCUT2D eigenvalue weighted by Gasteiger charge is -2.22. The first-order valence-corrected chi connectivity index (χ1v) is 6.81. The number of H-pyrrole nitrogens is 1. The highest BCUT2D eigenvalue weighted by Gasteiger charge is 2.37. The van der Waals surface area contributed by atoms with Crippen LogP contribution in [0, 0.1) is 5.92 Å². The van der Waals surface area contributed by atoms with Crippen molar-refractivity contribution in [3.8, 4) is 11.4 Å². The molecule has 0 aromatic carbocycles. The van der Waals surface area contributed by atoms with Crippen molar-refractivity contribution >= 4 is 17.2 Å². The highest BCUT2D eigenvalue weighted by molar-refractivity contribution is 7.12. The summed E-state index contributed by atoms with van der Waals surface area (Å²) in [5, 5.41) is 14.9. The van der Waals surface area contributed by atoms with E-state index in [1.807, 2.05) is 0 Å². The maximum atomic E-state index is 12.5. The van der Waals surface area contributed by atoms with Crippen molar-refractivity contribution in [1.82, 2.24) is 25.5 Å². The molecule has 2 rings (SSSR count). The predicted octanol–water partition coefficient (Wildman–Crippen LogP) is 2.20. The molecule has 6 nitrogen and oxygen atoms in total. The highest BCUT2D eigenvalue weighted by atomic mass is 32.1. The van der Waals surface area contributed by atoms with Crippen LogP contribution in [-0.4, -0.2) is 51.2 Å². The second kappa shape index (κ2) is 5.80. The smallest absolute Gasteiger partial charge is 0.340 e. The SMILES string of the molecule is CC(CN(C)C(=O)c1cc(-c2nn[nH]n2)cs1)C(F)(F)F. The van der Waals surface area contributed by atoms with E-state index in [-0.39, 0.29) is 0 Å². The molecular weight excluding hydrogens is 307 g/mol. The fourth-order valence-corrected chi connectivity index (χ4v) is 2.51. The Bertz CT molecular complexity index is 610. The van der Waals surface area contributed by atoms with Gasteiger partial charge in [0.05, 0.1) is 10.8 Å². The Hall–Kier alpha value is -1.97. The molecule has 1 amide bonds. The number of aromatic nitrogens is 4. The number of hydrogen-bond acceptors (Lipinski definition) is 5. The average Bonchev–Trinajstić information content (AvgIpc) is 3.07. The first-order valence-electron chi connectivity index (χ1n) is 5.93. The largest absolute Gasteiger partial charge is 0.393 e. The normalized spacial score (nSPS) is 13.2. The average molecular weight is 319 g/mol. The third-order valence-corrected chi connectivity index (χ3v) is 3.79. The van der Waals surface area contributed by atoms with Gasteiger partial charge in [-0.2, -0.15) is 18.4 Å². The number of hydrogen-bond donors (Lipinski definition) is 1. The summed E-state index contributed by atoms with van der Waals surface area (Å²) in [6.07, 6.45) is -4.32. The summed E-state index contributed by atoms with van der Waals surface area (Å²) in [6, 6.07) is 1.53. The number of rotatable bonds is 4. The predicted molar refractivity (Wildman–Crippen MR) is 69.7 cm³/mol. The Balaban J connectivity index is 2.06. The van der Waals surface area contributed by atoms with E-state index in [1.54, 1.807) is 5.38 Å². The van der Waals surface area contributed by atoms with Crippen LogP contribution in [0.1, 0.15) is 16.6 Å². The Morgan fingerprint density at radius 3 is 2.81 bits per heavy atom. The van der Waals surface area contributed by atoms with E-state index in [1.165, 1.54) is 13.1 Å². The minimum absolute atomic E-state index is 0.326. The van der Waals surface area contributed by atoms with E-state index >= 15 is 0 Å². The fraction of sp³-hybridized carbons (Fsp3) is 0.455. The third kappa shape index (κ3) is 3.57. The lowest BCUT2D eigenvalue weighted by atomic mass is 10.1. The van der Waals surface area contributed by atoms with Crippen LogP contribution in [0.3, 0.4) is 0 Å². The number of carbonyl (C=O) groups is 1. The number of aromatic amines is 1. The summed E-state index contributed by atoms with van der Waals surface area (Å²) in [6.45, 7) is 0.653. The van der Waals surface area contributed by atoms with Crippen molar-refractivity contribution in [2.24, 2.45) is 5.92 Å². The molecule has 1 unspecified atom stereocenters. The van der Waals surface area contributed by atoms with Gasteiger partial charge in [-0.25, -0.2) is 0 Å². The molecule has 0 aliphatic carbocycles. The quantitative estimate of drug-likeness (QED) is 0.937. The van der Waals surface area contributed by atoms with E-state index in [0.29, 0.717) is 16.3 Å². The van der Waals surface area contributed by atoms with Gasteiger partial charge in [0, 0.05) is 24.5 Å². The molecule has 0 saturated heterocycles. The van der Waals surface area contributed by atoms with Crippen LogP contribution in [0.4, 0.5) is 13.2 Å². The van der Waals surface area contributed by atoms with Crippen molar-refractivity contribution in [2.75, 3.05) is 13.6 Å². The number of amides is 1. The number of tetrazole rings is 1. The summed E-state index contributed by atoms with van der Waals surface area (Å²) >= 11 is 1.12. The number of nitrogens with zero attached hydrogens (tertiary/aromatic N) is 4. The third-order valence-electron chi connectivity index (χ3n) is 2.87. The topological polar surface area (TPSA) is 74.8 Å². The van der Waals surface area contributed by atoms with Crippen LogP contribution in [0.15, 0.2) is 11.4 Å². The molecule has 21 heavy (non-hydrogen) atoms. The molecule has 0 aliphatic heterocycles. The molecule has 0 bridgehead atoms. The summed E-state index contributed by atoms with van der Waals surface area (Å²) in [5.74, 6) is -1.72. The first kappa shape index (κ1) is 15.4. The van der Waals surface area contributed by atoms with Gasteiger partial charge in [-0.05, 0) is 11.3 Å². The summed E-state index contributed by atoms with van der Waals surface area (Å²) in [4.78, 5) is 13.5. The second-order valence-corrected chi connectivity index (χ2v) is 5.47. The van der Waals surface area contributed by atoms with Gasteiger partial charge >= 0.3 is 6.18 Å². The number of nitrogens with one attached hydrogen (secondary N) is 1. The van der Waals surface area contributed by atoms with Gasteiger partial charge in [0.25, 0.3) is 5.91 Å². The first-order chi connectivity index (χ1) is 9.79. The number of alkyl halides is 3. The van der Waals surface area contributed by atoms with Crippen molar-refractivity contribution in [3.63, 3.8) is 0 Å². The van der Waals surface area contributed by atoms with Crippen molar-refractivity contribution in [3.05, 3.63) is 16.3 Å². The van der Waals surface area contributed by atoms with Crippen LogP contribution < -0.4 is 0 Å². The standard InChI is InChI=1S/C11H12F3N5OS/c1-6(11(12,13)14)4-19(2)10(20)8-3-7(5-21-8)9-15-17-18-16-9/h3,5-6H,4H2,1-2H3,(H,15,16,17,18). The van der Waals surface area contributed by atoms with Gasteiger partial charge in [0.2, 0.25) is 5.82 Å². The van der Waals surface area contributed by atoms with Gasteiger partial charge in [0.1, 0.15) is 0 Å². The lowest BCUT2D eigenvalue weighted by Crippen LogP contribution is -2.36. The second-order valence-electron chi connectivity index (χ2n) is 4.56.